The largest absolute Gasteiger partial charge is 0.454 e. The number of halogens is 1. The molecule has 0 unspecified atom stereocenters. The highest BCUT2D eigenvalue weighted by molar-refractivity contribution is 9.10. The second-order valence-corrected chi connectivity index (χ2v) is 4.38. The average molecular weight is 281 g/mol. The van der Waals surface area contributed by atoms with Gasteiger partial charge in [-0.2, -0.15) is 0 Å². The summed E-state index contributed by atoms with van der Waals surface area (Å²) in [7, 11) is 0. The number of H-pyrrole nitrogens is 1. The van der Waals surface area contributed by atoms with Crippen LogP contribution >= 0.6 is 15.9 Å². The van der Waals surface area contributed by atoms with Crippen molar-refractivity contribution in [2.75, 3.05) is 6.79 Å². The van der Waals surface area contributed by atoms with Crippen molar-refractivity contribution in [1.29, 1.82) is 0 Å². The minimum atomic E-state index is 0.292. The van der Waals surface area contributed by atoms with Gasteiger partial charge in [-0.25, -0.2) is 4.98 Å². The van der Waals surface area contributed by atoms with E-state index in [1.165, 1.54) is 0 Å². The number of rotatable bonds is 1. The molecule has 2 heterocycles. The zero-order valence-corrected chi connectivity index (χ0v) is 10.2. The van der Waals surface area contributed by atoms with E-state index in [1.54, 1.807) is 6.33 Å². The van der Waals surface area contributed by atoms with Gasteiger partial charge in [0.1, 0.15) is 10.3 Å². The zero-order valence-electron chi connectivity index (χ0n) is 8.58. The van der Waals surface area contributed by atoms with Crippen LogP contribution < -0.4 is 9.47 Å². The highest BCUT2D eigenvalue weighted by Crippen LogP contribution is 2.39. The molecule has 0 saturated heterocycles. The van der Waals surface area contributed by atoms with Crippen LogP contribution in [0.2, 0.25) is 0 Å². The lowest BCUT2D eigenvalue weighted by atomic mass is 10.1. The number of aromatic amines is 1. The number of aryl methyl sites for hydroxylation is 1. The first kappa shape index (κ1) is 9.72. The van der Waals surface area contributed by atoms with Crippen LogP contribution in [0.15, 0.2) is 23.1 Å². The molecule has 0 radical (unpaired) electrons. The Bertz CT molecular complexity index is 551. The maximum absolute atomic E-state index is 5.36. The number of nitrogens with zero attached hydrogens (tertiary/aromatic N) is 1. The number of nitrogens with one attached hydrogen (secondary N) is 1. The summed E-state index contributed by atoms with van der Waals surface area (Å²) in [5.74, 6) is 1.57. The van der Waals surface area contributed by atoms with E-state index in [1.807, 2.05) is 19.1 Å². The van der Waals surface area contributed by atoms with Gasteiger partial charge in [0.2, 0.25) is 6.79 Å². The van der Waals surface area contributed by atoms with Gasteiger partial charge in [-0.1, -0.05) is 0 Å². The Morgan fingerprint density at radius 3 is 2.75 bits per heavy atom. The van der Waals surface area contributed by atoms with Gasteiger partial charge in [0.25, 0.3) is 0 Å². The number of benzene rings is 1. The van der Waals surface area contributed by atoms with E-state index in [0.29, 0.717) is 6.79 Å². The summed E-state index contributed by atoms with van der Waals surface area (Å²) in [6.45, 7) is 2.32. The summed E-state index contributed by atoms with van der Waals surface area (Å²) in [4.78, 5) is 7.27. The Hall–Kier alpha value is -1.49. The van der Waals surface area contributed by atoms with Crippen molar-refractivity contribution in [3.8, 4) is 22.8 Å². The quantitative estimate of drug-likeness (QED) is 0.874. The predicted octanol–water partition coefficient (Wildman–Crippen LogP) is 2.88. The van der Waals surface area contributed by atoms with Crippen molar-refractivity contribution in [3.63, 3.8) is 0 Å². The Morgan fingerprint density at radius 2 is 2.06 bits per heavy atom. The minimum Gasteiger partial charge on any atom is -0.454 e. The van der Waals surface area contributed by atoms with E-state index in [2.05, 4.69) is 25.9 Å². The Balaban J connectivity index is 2.18. The lowest BCUT2D eigenvalue weighted by Gasteiger charge is -2.05. The van der Waals surface area contributed by atoms with Crippen LogP contribution in [0.25, 0.3) is 11.3 Å². The van der Waals surface area contributed by atoms with Crippen LogP contribution in [-0.4, -0.2) is 16.8 Å². The molecule has 0 bridgehead atoms. The molecule has 1 aromatic carbocycles. The van der Waals surface area contributed by atoms with Crippen LogP contribution in [0, 0.1) is 6.92 Å². The fourth-order valence-electron chi connectivity index (χ4n) is 1.77. The van der Waals surface area contributed by atoms with Gasteiger partial charge in [0, 0.05) is 5.56 Å². The SMILES string of the molecule is Cc1cc2c(cc1-c1nc[nH]c1Br)OCO2. The van der Waals surface area contributed by atoms with Gasteiger partial charge in [0.05, 0.1) is 6.33 Å². The molecule has 1 aromatic heterocycles. The molecule has 16 heavy (non-hydrogen) atoms. The minimum absolute atomic E-state index is 0.292. The zero-order chi connectivity index (χ0) is 11.1. The van der Waals surface area contributed by atoms with Gasteiger partial charge in [-0.05, 0) is 40.5 Å². The molecular formula is C11H9BrN2O2. The first-order chi connectivity index (χ1) is 7.75. The lowest BCUT2D eigenvalue weighted by molar-refractivity contribution is 0.174. The summed E-state index contributed by atoms with van der Waals surface area (Å²) in [6, 6.07) is 3.93. The second-order valence-electron chi connectivity index (χ2n) is 3.59. The van der Waals surface area contributed by atoms with Gasteiger partial charge in [-0.3, -0.25) is 0 Å². The normalized spacial score (nSPS) is 13.1. The van der Waals surface area contributed by atoms with Crippen molar-refractivity contribution < 1.29 is 9.47 Å². The molecule has 0 saturated carbocycles. The number of fused-ring (bicyclic) bond motifs is 1. The fourth-order valence-corrected chi connectivity index (χ4v) is 2.18. The molecule has 82 valence electrons. The first-order valence-electron chi connectivity index (χ1n) is 4.85. The summed E-state index contributed by atoms with van der Waals surface area (Å²) in [5, 5.41) is 0. The monoisotopic (exact) mass is 280 g/mol. The molecule has 0 fully saturated rings. The highest BCUT2D eigenvalue weighted by Gasteiger charge is 2.18. The fraction of sp³-hybridized carbons (Fsp3) is 0.182. The summed E-state index contributed by atoms with van der Waals surface area (Å²) in [5.41, 5.74) is 3.03. The molecule has 2 aromatic rings. The predicted molar refractivity (Wildman–Crippen MR) is 62.6 cm³/mol. The molecule has 1 aliphatic heterocycles. The molecule has 1 N–H and O–H groups in total. The van der Waals surface area contributed by atoms with E-state index in [-0.39, 0.29) is 0 Å². The smallest absolute Gasteiger partial charge is 0.231 e. The van der Waals surface area contributed by atoms with Crippen LogP contribution in [-0.2, 0) is 0 Å². The van der Waals surface area contributed by atoms with Crippen molar-refractivity contribution in [2.45, 2.75) is 6.92 Å². The van der Waals surface area contributed by atoms with Crippen molar-refractivity contribution in [3.05, 3.63) is 28.6 Å². The van der Waals surface area contributed by atoms with Crippen molar-refractivity contribution in [1.82, 2.24) is 9.97 Å². The molecule has 0 aliphatic carbocycles. The molecule has 0 atom stereocenters. The van der Waals surface area contributed by atoms with E-state index < -0.39 is 0 Å². The maximum Gasteiger partial charge on any atom is 0.231 e. The van der Waals surface area contributed by atoms with E-state index in [9.17, 15) is 0 Å². The molecule has 4 nitrogen and oxygen atoms in total. The van der Waals surface area contributed by atoms with Gasteiger partial charge in [-0.15, -0.1) is 0 Å². The summed E-state index contributed by atoms with van der Waals surface area (Å²) < 4.78 is 11.5. The molecule has 5 heteroatoms. The van der Waals surface area contributed by atoms with Crippen molar-refractivity contribution in [2.24, 2.45) is 0 Å². The summed E-state index contributed by atoms with van der Waals surface area (Å²) >= 11 is 3.43. The van der Waals surface area contributed by atoms with Crippen LogP contribution in [0.4, 0.5) is 0 Å². The Kier molecular flexibility index (Phi) is 2.14. The third-order valence-electron chi connectivity index (χ3n) is 2.57. The standard InChI is InChI=1S/C11H9BrN2O2/c1-6-2-8-9(16-5-15-8)3-7(6)10-11(12)14-4-13-10/h2-4H,5H2,1H3,(H,13,14). The molecule has 1 aliphatic rings. The number of ether oxygens (including phenoxy) is 2. The summed E-state index contributed by atoms with van der Waals surface area (Å²) in [6.07, 6.45) is 1.66. The first-order valence-corrected chi connectivity index (χ1v) is 5.64. The maximum atomic E-state index is 5.36. The molecule has 0 amide bonds. The van der Waals surface area contributed by atoms with E-state index in [0.717, 1.165) is 32.9 Å². The Labute approximate surface area is 101 Å². The average Bonchev–Trinajstić information content (AvgIpc) is 2.85. The topological polar surface area (TPSA) is 47.1 Å². The number of imidazole rings is 1. The van der Waals surface area contributed by atoms with E-state index in [4.69, 9.17) is 9.47 Å². The van der Waals surface area contributed by atoms with Gasteiger partial charge >= 0.3 is 0 Å². The third-order valence-corrected chi connectivity index (χ3v) is 3.17. The molecular weight excluding hydrogens is 272 g/mol. The van der Waals surface area contributed by atoms with Gasteiger partial charge < -0.3 is 14.5 Å². The van der Waals surface area contributed by atoms with Crippen LogP contribution in [0.3, 0.4) is 0 Å². The van der Waals surface area contributed by atoms with Crippen LogP contribution in [0.5, 0.6) is 11.5 Å². The number of hydrogen-bond acceptors (Lipinski definition) is 3. The molecule has 0 spiro atoms. The lowest BCUT2D eigenvalue weighted by Crippen LogP contribution is -1.92. The molecule has 3 rings (SSSR count). The van der Waals surface area contributed by atoms with Crippen LogP contribution in [0.1, 0.15) is 5.56 Å². The van der Waals surface area contributed by atoms with Crippen molar-refractivity contribution >= 4 is 15.9 Å². The Morgan fingerprint density at radius 1 is 1.31 bits per heavy atom. The highest BCUT2D eigenvalue weighted by atomic mass is 79.9. The third kappa shape index (κ3) is 1.39. The van der Waals surface area contributed by atoms with E-state index >= 15 is 0 Å². The number of hydrogen-bond donors (Lipinski definition) is 1. The second kappa shape index (κ2) is 3.52. The number of aromatic nitrogens is 2. The van der Waals surface area contributed by atoms with Gasteiger partial charge in [0.15, 0.2) is 11.5 Å².